The van der Waals surface area contributed by atoms with Crippen molar-refractivity contribution in [2.75, 3.05) is 0 Å². The first-order chi connectivity index (χ1) is 8.00. The van der Waals surface area contributed by atoms with Crippen molar-refractivity contribution < 1.29 is 153 Å². The number of hydrogen-bond donors (Lipinski definition) is 0. The van der Waals surface area contributed by atoms with E-state index in [1.165, 1.54) is 0 Å². The number of rotatable bonds is 0. The summed E-state index contributed by atoms with van der Waals surface area (Å²) in [4.78, 5) is 0. The van der Waals surface area contributed by atoms with Crippen molar-refractivity contribution in [3.63, 3.8) is 0 Å². The summed E-state index contributed by atoms with van der Waals surface area (Å²) < 4.78 is 137. The molecule has 0 N–H and O–H groups in total. The minimum atomic E-state index is -5.62. The van der Waals surface area contributed by atoms with Crippen molar-refractivity contribution in [3.05, 3.63) is 0 Å². The Balaban J connectivity index is -0.0000000284. The van der Waals surface area contributed by atoms with E-state index < -0.39 is 53.5 Å². The van der Waals surface area contributed by atoms with Gasteiger partial charge in [0.15, 0.2) is 0 Å². The molecular weight excluding hydrogens is 911 g/mol. The Labute approximate surface area is 220 Å². The molecule has 0 aromatic rings. The van der Waals surface area contributed by atoms with Gasteiger partial charge in [0, 0.05) is 0 Å². The predicted octanol–water partition coefficient (Wildman–Crippen LogP) is -11.2. The van der Waals surface area contributed by atoms with Crippen LogP contribution in [0.25, 0.3) is 0 Å². The monoisotopic (exact) mass is 911 g/mol. The molecule has 134 valence electrons. The molecule has 0 aromatic carbocycles. The third-order valence-corrected chi connectivity index (χ3v) is 0. The summed E-state index contributed by atoms with van der Waals surface area (Å²) in [5.74, 6) is 0. The second-order valence-electron chi connectivity index (χ2n) is 1.51. The molecule has 23 heteroatoms. The van der Waals surface area contributed by atoms with E-state index in [1.807, 2.05) is 0 Å². The van der Waals surface area contributed by atoms with Gasteiger partial charge in [0.2, 0.25) is 0 Å². The van der Waals surface area contributed by atoms with Crippen LogP contribution in [0.3, 0.4) is 0 Å². The molecule has 0 saturated carbocycles. The fourth-order valence-electron chi connectivity index (χ4n) is 0. The Morgan fingerprint density at radius 3 is 0.391 bits per heavy atom. The third-order valence-electron chi connectivity index (χ3n) is 0. The molecule has 0 aromatic heterocycles. The fraction of sp³-hybridized carbons (Fsp3) is 0. The first-order valence-corrected chi connectivity index (χ1v) is 10.2. The van der Waals surface area contributed by atoms with Gasteiger partial charge >= 0.3 is 225 Å². The second kappa shape index (κ2) is 20.5. The maximum absolute atomic E-state index is 8.58. The van der Waals surface area contributed by atoms with Crippen LogP contribution in [0.1, 0.15) is 0 Å². The quantitative estimate of drug-likeness (QED) is 0.204. The van der Waals surface area contributed by atoms with Crippen LogP contribution in [-0.2, 0) is 84.2 Å². The summed E-state index contributed by atoms with van der Waals surface area (Å²) in [5, 5.41) is 0. The smallest absolute Gasteiger partial charge is 2.00 e. The van der Waals surface area contributed by atoms with Gasteiger partial charge in [-0.2, -0.15) is 0 Å². The van der Waals surface area contributed by atoms with Crippen LogP contribution in [0.15, 0.2) is 0 Å². The van der Waals surface area contributed by atoms with E-state index in [9.17, 15) is 0 Å². The molecule has 23 heavy (non-hydrogen) atoms. The molecule has 0 rings (SSSR count). The summed E-state index contributed by atoms with van der Waals surface area (Å²) in [7, 11) is 0. The minimum Gasteiger partial charge on any atom is 2.00 e. The molecule has 0 aliphatic carbocycles. The van der Waals surface area contributed by atoms with Gasteiger partial charge < -0.3 is 0 Å². The average molecular weight is 911 g/mol. The Morgan fingerprint density at radius 1 is 0.391 bits per heavy atom. The van der Waals surface area contributed by atoms with Crippen molar-refractivity contribution in [2.45, 2.75) is 0 Å². The van der Waals surface area contributed by atoms with E-state index in [0.29, 0.717) is 0 Å². The summed E-state index contributed by atoms with van der Waals surface area (Å²) >= 11 is -22.5. The molecule has 0 spiro atoms. The largest absolute Gasteiger partial charge is 2.00 e. The molecule has 0 aliphatic heterocycles. The van der Waals surface area contributed by atoms with E-state index >= 15 is 0 Å². The Hall–Kier alpha value is 3.72. The summed E-state index contributed by atoms with van der Waals surface area (Å²) in [5.41, 5.74) is 0. The van der Waals surface area contributed by atoms with E-state index in [1.54, 1.807) is 0 Å². The molecular formula is BiLaMn4O16Sr. The van der Waals surface area contributed by atoms with Gasteiger partial charge in [-0.05, 0) is 0 Å². The molecule has 0 atom stereocenters. The topological polar surface area (TPSA) is 321 Å². The van der Waals surface area contributed by atoms with E-state index in [-0.39, 0.29) is 107 Å². The molecule has 0 unspecified atom stereocenters. The van der Waals surface area contributed by atoms with Crippen LogP contribution in [0, 0.1) is 35.6 Å². The summed E-state index contributed by atoms with van der Waals surface area (Å²) in [6.07, 6.45) is 0. The van der Waals surface area contributed by atoms with Crippen molar-refractivity contribution in [1.29, 1.82) is 0 Å². The third kappa shape index (κ3) is 1050. The summed E-state index contributed by atoms with van der Waals surface area (Å²) in [6, 6.07) is 0. The van der Waals surface area contributed by atoms with Crippen LogP contribution >= 0.6 is 0 Å². The SMILES string of the molecule is [Bi+3].[La+3].[O]=[Mn](=[O])([O-])[O-].[O]=[Mn](=[O])([O-])[O-].[O]=[Mn](=[O])([O-])[O-].[O]=[Mn](=[O])([O-])[O-].[Sr+2]. The molecule has 0 saturated heterocycles. The van der Waals surface area contributed by atoms with E-state index in [0.717, 1.165) is 0 Å². The van der Waals surface area contributed by atoms with Gasteiger partial charge in [-0.3, -0.25) is 0 Å². The van der Waals surface area contributed by atoms with Gasteiger partial charge in [-0.25, -0.2) is 0 Å². The van der Waals surface area contributed by atoms with Gasteiger partial charge in [0.1, 0.15) is 0 Å². The Kier molecular flexibility index (Phi) is 40.4. The second-order valence-corrected chi connectivity index (χ2v) is 6.23. The molecule has 0 amide bonds. The molecule has 0 aliphatic rings. The predicted molar refractivity (Wildman–Crippen MR) is 17.0 cm³/mol. The Morgan fingerprint density at radius 2 is 0.391 bits per heavy atom. The van der Waals surface area contributed by atoms with Gasteiger partial charge in [0.05, 0.1) is 0 Å². The van der Waals surface area contributed by atoms with Crippen LogP contribution in [0.5, 0.6) is 0 Å². The Bertz CT molecular complexity index is 485. The normalized spacial score (nSPS) is 10.1. The zero-order valence-corrected chi connectivity index (χ0v) is 25.1. The zero-order chi connectivity index (χ0) is 18.0. The van der Waals surface area contributed by atoms with Crippen LogP contribution in [0.2, 0.25) is 0 Å². The average Bonchev–Trinajstić information content (AvgIpc) is 1.62. The minimum absolute atomic E-state index is 0. The summed E-state index contributed by atoms with van der Waals surface area (Å²) in [6.45, 7) is 0. The van der Waals surface area contributed by atoms with Crippen LogP contribution in [0.4, 0.5) is 0 Å². The van der Waals surface area contributed by atoms with Crippen LogP contribution in [-0.4, -0.2) is 71.7 Å². The van der Waals surface area contributed by atoms with Crippen molar-refractivity contribution in [3.8, 4) is 0 Å². The first-order valence-electron chi connectivity index (χ1n) is 2.47. The van der Waals surface area contributed by atoms with Gasteiger partial charge in [-0.15, -0.1) is 0 Å². The maximum Gasteiger partial charge on any atom is 2.00 e. The standard InChI is InChI=1S/Bi.La.4Mn.16O.Sr/q2*+3;;;;;;;;;;;;;8*-1;+2. The van der Waals surface area contributed by atoms with Crippen molar-refractivity contribution in [1.82, 2.24) is 0 Å². The van der Waals surface area contributed by atoms with E-state index in [4.69, 9.17) is 64.2 Å². The maximum atomic E-state index is 8.58. The van der Waals surface area contributed by atoms with Crippen LogP contribution < -0.4 is 33.5 Å². The molecule has 0 fully saturated rings. The zero-order valence-electron chi connectivity index (χ0n) is 9.78. The van der Waals surface area contributed by atoms with E-state index in [2.05, 4.69) is 0 Å². The van der Waals surface area contributed by atoms with Gasteiger partial charge in [0.25, 0.3) is 0 Å². The first kappa shape index (κ1) is 45.5. The van der Waals surface area contributed by atoms with Gasteiger partial charge in [-0.1, -0.05) is 0 Å². The molecule has 16 nitrogen and oxygen atoms in total. The fourth-order valence-corrected chi connectivity index (χ4v) is 0. The molecule has 0 heterocycles. The number of hydrogen-bond acceptors (Lipinski definition) is 16. The van der Waals surface area contributed by atoms with Crippen molar-refractivity contribution in [2.24, 2.45) is 0 Å². The molecule has 0 bridgehead atoms. The molecule has 2 radical (unpaired) electrons. The van der Waals surface area contributed by atoms with Crippen molar-refractivity contribution >= 4 is 71.7 Å².